The van der Waals surface area contributed by atoms with Gasteiger partial charge >= 0.3 is 0 Å². The minimum absolute atomic E-state index is 0.122. The molecule has 1 aliphatic heterocycles. The van der Waals surface area contributed by atoms with Crippen LogP contribution in [0.2, 0.25) is 0 Å². The van der Waals surface area contributed by atoms with Crippen LogP contribution in [0.25, 0.3) is 0 Å². The summed E-state index contributed by atoms with van der Waals surface area (Å²) in [6, 6.07) is 0.237. The largest absolute Gasteiger partial charge is 0.381 e. The van der Waals surface area contributed by atoms with Crippen molar-refractivity contribution in [3.05, 3.63) is 0 Å². The molecule has 1 aliphatic rings. The van der Waals surface area contributed by atoms with Crippen molar-refractivity contribution in [2.75, 3.05) is 20.3 Å². The first-order chi connectivity index (χ1) is 6.79. The molecule has 3 N–H and O–H groups in total. The molecule has 0 bridgehead atoms. The monoisotopic (exact) mass is 202 g/mol. The van der Waals surface area contributed by atoms with Crippen molar-refractivity contribution < 1.29 is 9.47 Å². The highest BCUT2D eigenvalue weighted by Gasteiger charge is 2.39. The zero-order valence-corrected chi connectivity index (χ0v) is 9.21. The highest BCUT2D eigenvalue weighted by molar-refractivity contribution is 4.93. The predicted molar refractivity (Wildman–Crippen MR) is 55.8 cm³/mol. The fourth-order valence-corrected chi connectivity index (χ4v) is 2.20. The second kappa shape index (κ2) is 5.66. The highest BCUT2D eigenvalue weighted by atomic mass is 16.5. The van der Waals surface area contributed by atoms with Crippen LogP contribution in [0.4, 0.5) is 0 Å². The van der Waals surface area contributed by atoms with Gasteiger partial charge in [-0.2, -0.15) is 0 Å². The van der Waals surface area contributed by atoms with Gasteiger partial charge in [0.1, 0.15) is 0 Å². The average Bonchev–Trinajstić information content (AvgIpc) is 2.27. The van der Waals surface area contributed by atoms with Crippen molar-refractivity contribution in [1.29, 1.82) is 0 Å². The van der Waals surface area contributed by atoms with E-state index in [4.69, 9.17) is 15.3 Å². The van der Waals surface area contributed by atoms with Gasteiger partial charge in [-0.25, -0.2) is 0 Å². The Kier molecular flexibility index (Phi) is 4.81. The Balaban J connectivity index is 2.63. The maximum absolute atomic E-state index is 5.66. The summed E-state index contributed by atoms with van der Waals surface area (Å²) in [5.74, 6) is 5.58. The topological polar surface area (TPSA) is 56.5 Å². The third kappa shape index (κ3) is 2.45. The number of methoxy groups -OCH3 is 1. The first-order valence-corrected chi connectivity index (χ1v) is 5.38. The van der Waals surface area contributed by atoms with E-state index in [0.717, 1.165) is 38.9 Å². The molecule has 0 aromatic heterocycles. The maximum atomic E-state index is 5.66. The summed E-state index contributed by atoms with van der Waals surface area (Å²) in [5.41, 5.74) is 2.76. The summed E-state index contributed by atoms with van der Waals surface area (Å²) < 4.78 is 11.0. The van der Waals surface area contributed by atoms with E-state index in [9.17, 15) is 0 Å². The number of rotatable bonds is 5. The second-order valence-electron chi connectivity index (χ2n) is 3.89. The quantitative estimate of drug-likeness (QED) is 0.512. The van der Waals surface area contributed by atoms with Crippen molar-refractivity contribution in [3.8, 4) is 0 Å². The fourth-order valence-electron chi connectivity index (χ4n) is 2.20. The van der Waals surface area contributed by atoms with E-state index in [0.29, 0.717) is 0 Å². The van der Waals surface area contributed by atoms with E-state index in [1.165, 1.54) is 0 Å². The van der Waals surface area contributed by atoms with E-state index in [-0.39, 0.29) is 11.6 Å². The molecule has 0 aliphatic carbocycles. The minimum Gasteiger partial charge on any atom is -0.381 e. The molecule has 4 heteroatoms. The summed E-state index contributed by atoms with van der Waals surface area (Å²) in [7, 11) is 1.77. The molecule has 0 aromatic rings. The molecule has 1 unspecified atom stereocenters. The lowest BCUT2D eigenvalue weighted by Gasteiger charge is -2.42. The third-order valence-electron chi connectivity index (χ3n) is 3.16. The number of ether oxygens (including phenoxy) is 2. The lowest BCUT2D eigenvalue weighted by atomic mass is 9.84. The third-order valence-corrected chi connectivity index (χ3v) is 3.16. The molecule has 84 valence electrons. The van der Waals surface area contributed by atoms with Gasteiger partial charge in [0.25, 0.3) is 0 Å². The molecule has 1 fully saturated rings. The summed E-state index contributed by atoms with van der Waals surface area (Å²) in [6.45, 7) is 3.71. The first-order valence-electron chi connectivity index (χ1n) is 5.38. The number of nitrogens with one attached hydrogen (secondary N) is 1. The van der Waals surface area contributed by atoms with Crippen molar-refractivity contribution in [1.82, 2.24) is 5.43 Å². The molecule has 14 heavy (non-hydrogen) atoms. The van der Waals surface area contributed by atoms with Crippen molar-refractivity contribution in [2.24, 2.45) is 5.84 Å². The minimum atomic E-state index is -0.122. The zero-order chi connectivity index (χ0) is 10.4. The van der Waals surface area contributed by atoms with E-state index >= 15 is 0 Å². The Hall–Kier alpha value is -0.160. The van der Waals surface area contributed by atoms with Crippen LogP contribution >= 0.6 is 0 Å². The Labute approximate surface area is 86.1 Å². The van der Waals surface area contributed by atoms with E-state index < -0.39 is 0 Å². The molecule has 0 amide bonds. The van der Waals surface area contributed by atoms with Gasteiger partial charge in [0.05, 0.1) is 11.6 Å². The van der Waals surface area contributed by atoms with Crippen LogP contribution in [0.1, 0.15) is 32.6 Å². The predicted octanol–water partition coefficient (Wildman–Crippen LogP) is 0.814. The van der Waals surface area contributed by atoms with Gasteiger partial charge in [-0.1, -0.05) is 13.3 Å². The van der Waals surface area contributed by atoms with Crippen LogP contribution in [0.3, 0.4) is 0 Å². The Morgan fingerprint density at radius 1 is 1.50 bits per heavy atom. The Bertz CT molecular complexity index is 158. The number of hydrazine groups is 1. The lowest BCUT2D eigenvalue weighted by Crippen LogP contribution is -2.56. The zero-order valence-electron chi connectivity index (χ0n) is 9.21. The van der Waals surface area contributed by atoms with Gasteiger partial charge in [0.2, 0.25) is 0 Å². The van der Waals surface area contributed by atoms with Crippen LogP contribution in [0, 0.1) is 0 Å². The highest BCUT2D eigenvalue weighted by Crippen LogP contribution is 2.29. The van der Waals surface area contributed by atoms with Crippen molar-refractivity contribution in [2.45, 2.75) is 44.2 Å². The lowest BCUT2D eigenvalue weighted by molar-refractivity contribution is -0.111. The standard InChI is InChI=1S/C10H22N2O2/c1-3-4-9(12-11)10(13-2)5-7-14-8-6-10/h9,12H,3-8,11H2,1-2H3. The summed E-state index contributed by atoms with van der Waals surface area (Å²) in [4.78, 5) is 0. The molecule has 1 heterocycles. The van der Waals surface area contributed by atoms with Crippen molar-refractivity contribution in [3.63, 3.8) is 0 Å². The molecule has 1 atom stereocenters. The van der Waals surface area contributed by atoms with Crippen LogP contribution in [-0.2, 0) is 9.47 Å². The van der Waals surface area contributed by atoms with E-state index in [1.54, 1.807) is 7.11 Å². The SMILES string of the molecule is CCCC(NN)C1(OC)CCOCC1. The molecule has 0 spiro atoms. The molecule has 0 saturated carbocycles. The fraction of sp³-hybridized carbons (Fsp3) is 1.00. The smallest absolute Gasteiger partial charge is 0.0888 e. The normalized spacial score (nSPS) is 23.4. The summed E-state index contributed by atoms with van der Waals surface area (Å²) >= 11 is 0. The van der Waals surface area contributed by atoms with Gasteiger partial charge in [0.15, 0.2) is 0 Å². The second-order valence-corrected chi connectivity index (χ2v) is 3.89. The Morgan fingerprint density at radius 2 is 2.14 bits per heavy atom. The number of hydrogen-bond donors (Lipinski definition) is 2. The summed E-state index contributed by atoms with van der Waals surface area (Å²) in [6.07, 6.45) is 4.02. The van der Waals surface area contributed by atoms with Crippen molar-refractivity contribution >= 4 is 0 Å². The van der Waals surface area contributed by atoms with Crippen LogP contribution in [-0.4, -0.2) is 32.0 Å². The number of hydrogen-bond acceptors (Lipinski definition) is 4. The summed E-state index contributed by atoms with van der Waals surface area (Å²) in [5, 5.41) is 0. The van der Waals surface area contributed by atoms with E-state index in [1.807, 2.05) is 0 Å². The van der Waals surface area contributed by atoms with Crippen LogP contribution in [0.15, 0.2) is 0 Å². The molecule has 0 radical (unpaired) electrons. The van der Waals surface area contributed by atoms with Crippen LogP contribution < -0.4 is 11.3 Å². The van der Waals surface area contributed by atoms with Gasteiger partial charge in [-0.05, 0) is 6.42 Å². The first kappa shape index (κ1) is 11.9. The molecule has 4 nitrogen and oxygen atoms in total. The van der Waals surface area contributed by atoms with Crippen LogP contribution in [0.5, 0.6) is 0 Å². The Morgan fingerprint density at radius 3 is 2.57 bits per heavy atom. The van der Waals surface area contributed by atoms with Gasteiger partial charge in [-0.15, -0.1) is 0 Å². The maximum Gasteiger partial charge on any atom is 0.0888 e. The molecular weight excluding hydrogens is 180 g/mol. The molecule has 1 rings (SSSR count). The number of nitrogens with two attached hydrogens (primary N) is 1. The van der Waals surface area contributed by atoms with Gasteiger partial charge < -0.3 is 9.47 Å². The van der Waals surface area contributed by atoms with Gasteiger partial charge in [-0.3, -0.25) is 11.3 Å². The average molecular weight is 202 g/mol. The molecule has 0 aromatic carbocycles. The molecule has 1 saturated heterocycles. The van der Waals surface area contributed by atoms with E-state index in [2.05, 4.69) is 12.3 Å². The van der Waals surface area contributed by atoms with Gasteiger partial charge in [0, 0.05) is 33.2 Å². The molecular formula is C10H22N2O2.